The minimum atomic E-state index is -0.465. The van der Waals surface area contributed by atoms with Crippen LogP contribution in [0.1, 0.15) is 34.6 Å². The van der Waals surface area contributed by atoms with Crippen molar-refractivity contribution in [2.45, 2.75) is 13.0 Å². The molecular weight excluding hydrogens is 314 g/mol. The lowest BCUT2D eigenvalue weighted by Crippen LogP contribution is -2.09. The molecule has 0 bridgehead atoms. The van der Waals surface area contributed by atoms with Gasteiger partial charge in [0.1, 0.15) is 0 Å². The zero-order chi connectivity index (χ0) is 17.5. The molecule has 0 aliphatic rings. The van der Waals surface area contributed by atoms with Crippen molar-refractivity contribution in [2.24, 2.45) is 0 Å². The molecule has 5 heteroatoms. The normalized spacial score (nSPS) is 12.2. The average Bonchev–Trinajstić information content (AvgIpc) is 3.14. The lowest BCUT2D eigenvalue weighted by molar-refractivity contribution is 0.0519. The van der Waals surface area contributed by atoms with E-state index in [1.807, 2.05) is 72.8 Å². The van der Waals surface area contributed by atoms with Crippen LogP contribution in [0, 0.1) is 0 Å². The van der Waals surface area contributed by atoms with Gasteiger partial charge in [0.2, 0.25) is 0 Å². The maximum absolute atomic E-state index is 11.8. The summed E-state index contributed by atoms with van der Waals surface area (Å²) >= 11 is 0. The Bertz CT molecular complexity index is 842. The molecule has 1 unspecified atom stereocenters. The maximum Gasteiger partial charge on any atom is 0.360 e. The zero-order valence-corrected chi connectivity index (χ0v) is 13.9. The number of hydrogen-bond donors (Lipinski definition) is 0. The number of benzene rings is 2. The van der Waals surface area contributed by atoms with Gasteiger partial charge in [-0.3, -0.25) is 0 Å². The third-order valence-electron chi connectivity index (χ3n) is 3.69. The molecule has 1 atom stereocenters. The molecule has 1 aromatic heterocycles. The van der Waals surface area contributed by atoms with Gasteiger partial charge in [0.05, 0.1) is 18.8 Å². The smallest absolute Gasteiger partial charge is 0.360 e. The molecule has 0 spiro atoms. The van der Waals surface area contributed by atoms with Gasteiger partial charge in [-0.1, -0.05) is 78.0 Å². The highest BCUT2D eigenvalue weighted by atomic mass is 16.5. The third kappa shape index (κ3) is 4.20. The highest BCUT2D eigenvalue weighted by molar-refractivity contribution is 5.86. The molecule has 5 nitrogen and oxygen atoms in total. The highest BCUT2D eigenvalue weighted by Gasteiger charge is 2.16. The van der Waals surface area contributed by atoms with Crippen LogP contribution >= 0.6 is 0 Å². The summed E-state index contributed by atoms with van der Waals surface area (Å²) in [5.41, 5.74) is 2.35. The van der Waals surface area contributed by atoms with E-state index in [0.29, 0.717) is 6.61 Å². The molecule has 2 aromatic carbocycles. The van der Waals surface area contributed by atoms with Crippen molar-refractivity contribution >= 4 is 12.0 Å². The van der Waals surface area contributed by atoms with Crippen LogP contribution in [0.4, 0.5) is 0 Å². The predicted octanol–water partition coefficient (Wildman–Crippen LogP) is 3.76. The number of rotatable bonds is 6. The fourth-order valence-corrected chi connectivity index (χ4v) is 2.48. The molecule has 0 saturated heterocycles. The quantitative estimate of drug-likeness (QED) is 0.645. The predicted molar refractivity (Wildman–Crippen MR) is 96.0 cm³/mol. The van der Waals surface area contributed by atoms with E-state index in [1.54, 1.807) is 17.8 Å². The second-order valence-corrected chi connectivity index (χ2v) is 5.43. The number of esters is 1. The second-order valence-electron chi connectivity index (χ2n) is 5.43. The second kappa shape index (κ2) is 8.06. The minimum Gasteiger partial charge on any atom is -0.461 e. The van der Waals surface area contributed by atoms with Crippen molar-refractivity contribution < 1.29 is 9.53 Å². The molecular formula is C20H19N3O2. The molecule has 126 valence electrons. The topological polar surface area (TPSA) is 57.0 Å². The van der Waals surface area contributed by atoms with E-state index in [1.165, 1.54) is 0 Å². The van der Waals surface area contributed by atoms with Gasteiger partial charge >= 0.3 is 5.97 Å². The summed E-state index contributed by atoms with van der Waals surface area (Å²) in [5.74, 6) is -0.465. The van der Waals surface area contributed by atoms with Crippen molar-refractivity contribution in [3.05, 3.63) is 89.8 Å². The SMILES string of the molecule is CCOC(=O)c1cn(C(/C=C/c2ccccc2)c2ccccc2)nn1. The van der Waals surface area contributed by atoms with Crippen LogP contribution in [-0.4, -0.2) is 27.6 Å². The summed E-state index contributed by atoms with van der Waals surface area (Å²) in [6.07, 6.45) is 5.68. The summed E-state index contributed by atoms with van der Waals surface area (Å²) in [4.78, 5) is 11.8. The first kappa shape index (κ1) is 16.6. The number of allylic oxidation sites excluding steroid dienone is 1. The van der Waals surface area contributed by atoms with E-state index in [2.05, 4.69) is 10.3 Å². The number of ether oxygens (including phenoxy) is 1. The molecule has 3 rings (SSSR count). The van der Waals surface area contributed by atoms with Gasteiger partial charge in [0, 0.05) is 0 Å². The first-order valence-electron chi connectivity index (χ1n) is 8.15. The van der Waals surface area contributed by atoms with E-state index >= 15 is 0 Å². The first-order chi connectivity index (χ1) is 12.3. The van der Waals surface area contributed by atoms with Gasteiger partial charge in [0.25, 0.3) is 0 Å². The van der Waals surface area contributed by atoms with Gasteiger partial charge in [-0.25, -0.2) is 9.48 Å². The third-order valence-corrected chi connectivity index (χ3v) is 3.69. The number of aromatic nitrogens is 3. The van der Waals surface area contributed by atoms with Crippen molar-refractivity contribution in [1.82, 2.24) is 15.0 Å². The largest absolute Gasteiger partial charge is 0.461 e. The fraction of sp³-hybridized carbons (Fsp3) is 0.150. The molecule has 3 aromatic rings. The van der Waals surface area contributed by atoms with Crippen LogP contribution in [0.5, 0.6) is 0 Å². The Hall–Kier alpha value is -3.21. The molecule has 25 heavy (non-hydrogen) atoms. The van der Waals surface area contributed by atoms with E-state index < -0.39 is 5.97 Å². The van der Waals surface area contributed by atoms with Crippen LogP contribution in [0.25, 0.3) is 6.08 Å². The Morgan fingerprint density at radius 1 is 1.12 bits per heavy atom. The fourth-order valence-electron chi connectivity index (χ4n) is 2.48. The number of hydrogen-bond acceptors (Lipinski definition) is 4. The maximum atomic E-state index is 11.8. The molecule has 0 aliphatic heterocycles. The summed E-state index contributed by atoms with van der Waals surface area (Å²) in [6.45, 7) is 2.07. The van der Waals surface area contributed by atoms with E-state index in [4.69, 9.17) is 4.74 Å². The standard InChI is InChI=1S/C20H19N3O2/c1-2-25-20(24)18-15-23(22-21-18)19(17-11-7-4-8-12-17)14-13-16-9-5-3-6-10-16/h3-15,19H,2H2,1H3/b14-13+. The minimum absolute atomic E-state index is 0.169. The van der Waals surface area contributed by atoms with E-state index in [0.717, 1.165) is 11.1 Å². The summed E-state index contributed by atoms with van der Waals surface area (Å²) < 4.78 is 6.65. The van der Waals surface area contributed by atoms with Crippen LogP contribution < -0.4 is 0 Å². The summed E-state index contributed by atoms with van der Waals surface area (Å²) in [5, 5.41) is 8.06. The Kier molecular flexibility index (Phi) is 5.36. The molecule has 0 fully saturated rings. The van der Waals surface area contributed by atoms with Crippen LogP contribution in [0.3, 0.4) is 0 Å². The molecule has 0 amide bonds. The van der Waals surface area contributed by atoms with Crippen molar-refractivity contribution in [1.29, 1.82) is 0 Å². The Labute approximate surface area is 146 Å². The molecule has 1 heterocycles. The number of carbonyl (C=O) groups excluding carboxylic acids is 1. The van der Waals surface area contributed by atoms with Crippen LogP contribution in [0.2, 0.25) is 0 Å². The van der Waals surface area contributed by atoms with Crippen LogP contribution in [-0.2, 0) is 4.74 Å². The van der Waals surface area contributed by atoms with E-state index in [9.17, 15) is 4.79 Å². The van der Waals surface area contributed by atoms with Crippen molar-refractivity contribution in [2.75, 3.05) is 6.61 Å². The Morgan fingerprint density at radius 3 is 2.48 bits per heavy atom. The van der Waals surface area contributed by atoms with Gasteiger partial charge in [-0.15, -0.1) is 5.10 Å². The lowest BCUT2D eigenvalue weighted by Gasteiger charge is -2.13. The number of carbonyl (C=O) groups is 1. The summed E-state index contributed by atoms with van der Waals surface area (Å²) in [6, 6.07) is 19.8. The molecule has 0 N–H and O–H groups in total. The summed E-state index contributed by atoms with van der Waals surface area (Å²) in [7, 11) is 0. The van der Waals surface area contributed by atoms with Crippen molar-refractivity contribution in [3.63, 3.8) is 0 Å². The average molecular weight is 333 g/mol. The van der Waals surface area contributed by atoms with E-state index in [-0.39, 0.29) is 11.7 Å². The van der Waals surface area contributed by atoms with Crippen molar-refractivity contribution in [3.8, 4) is 0 Å². The highest BCUT2D eigenvalue weighted by Crippen LogP contribution is 2.20. The van der Waals surface area contributed by atoms with Crippen LogP contribution in [0.15, 0.2) is 72.9 Å². The monoisotopic (exact) mass is 333 g/mol. The van der Waals surface area contributed by atoms with Gasteiger partial charge < -0.3 is 4.74 Å². The van der Waals surface area contributed by atoms with Gasteiger partial charge in [-0.2, -0.15) is 0 Å². The van der Waals surface area contributed by atoms with Gasteiger partial charge in [0.15, 0.2) is 5.69 Å². The van der Waals surface area contributed by atoms with Gasteiger partial charge in [-0.05, 0) is 18.1 Å². The lowest BCUT2D eigenvalue weighted by atomic mass is 10.1. The Morgan fingerprint density at radius 2 is 1.80 bits per heavy atom. The number of nitrogens with zero attached hydrogens (tertiary/aromatic N) is 3. The Balaban J connectivity index is 1.92. The molecule has 0 aliphatic carbocycles. The first-order valence-corrected chi connectivity index (χ1v) is 8.15. The molecule has 0 radical (unpaired) electrons. The molecule has 0 saturated carbocycles. The zero-order valence-electron chi connectivity index (χ0n) is 13.9.